The van der Waals surface area contributed by atoms with Crippen molar-refractivity contribution >= 4 is 43.5 Å². The summed E-state index contributed by atoms with van der Waals surface area (Å²) in [5.41, 5.74) is 4.76. The van der Waals surface area contributed by atoms with Crippen molar-refractivity contribution in [2.45, 2.75) is 64.4 Å². The molecule has 2 amide bonds. The van der Waals surface area contributed by atoms with Gasteiger partial charge in [0.15, 0.2) is 0 Å². The van der Waals surface area contributed by atoms with Crippen LogP contribution in [0.2, 0.25) is 0 Å². The molecule has 0 aliphatic heterocycles. The minimum atomic E-state index is -4.15. The lowest BCUT2D eigenvalue weighted by Gasteiger charge is -2.34. The summed E-state index contributed by atoms with van der Waals surface area (Å²) in [6.07, 6.45) is 1.99. The van der Waals surface area contributed by atoms with Gasteiger partial charge >= 0.3 is 0 Å². The first-order valence-corrected chi connectivity index (χ1v) is 17.7. The maximum absolute atomic E-state index is 14.6. The number of rotatable bonds is 14. The van der Waals surface area contributed by atoms with Crippen molar-refractivity contribution in [2.24, 2.45) is 0 Å². The quantitative estimate of drug-likeness (QED) is 0.142. The van der Waals surface area contributed by atoms with E-state index in [4.69, 9.17) is 0 Å². The van der Waals surface area contributed by atoms with E-state index >= 15 is 0 Å². The van der Waals surface area contributed by atoms with Gasteiger partial charge in [-0.25, -0.2) is 8.42 Å². The molecule has 1 atom stereocenters. The summed E-state index contributed by atoms with van der Waals surface area (Å²) in [7, 11) is -4.15. The number of sulfonamides is 1. The minimum absolute atomic E-state index is 0.0858. The molecular formula is C37H42BrN3O4S. The Labute approximate surface area is 281 Å². The van der Waals surface area contributed by atoms with Gasteiger partial charge in [0.25, 0.3) is 10.0 Å². The molecule has 4 rings (SSSR count). The molecule has 0 saturated heterocycles. The third-order valence-electron chi connectivity index (χ3n) is 7.75. The van der Waals surface area contributed by atoms with Crippen LogP contribution in [0.4, 0.5) is 5.69 Å². The van der Waals surface area contributed by atoms with E-state index in [1.807, 2.05) is 88.4 Å². The summed E-state index contributed by atoms with van der Waals surface area (Å²) in [5, 5.41) is 3.02. The molecule has 0 heterocycles. The van der Waals surface area contributed by atoms with Crippen molar-refractivity contribution in [1.29, 1.82) is 0 Å². The van der Waals surface area contributed by atoms with E-state index in [0.717, 1.165) is 45.1 Å². The van der Waals surface area contributed by atoms with E-state index in [1.54, 1.807) is 36.4 Å². The largest absolute Gasteiger partial charge is 0.354 e. The van der Waals surface area contributed by atoms with Gasteiger partial charge in [0.1, 0.15) is 12.6 Å². The standard InChI is InChI=1S/C37H42BrN3O4S/c1-5-6-20-39-37(43)35(24-30-10-8-7-9-11-30)40(25-31-14-16-32(38)17-15-31)36(42)26-41(33-22-28(3)21-29(4)23-33)46(44,45)34-18-12-27(2)13-19-34/h7-19,21-23,35H,5-6,20,24-26H2,1-4H3,(H,39,43)/t35-/m1/s1. The van der Waals surface area contributed by atoms with Gasteiger partial charge in [0, 0.05) is 24.0 Å². The number of aryl methyl sites for hydroxylation is 3. The molecule has 0 spiro atoms. The summed E-state index contributed by atoms with van der Waals surface area (Å²) in [6, 6.07) is 28.3. The average molecular weight is 705 g/mol. The van der Waals surface area contributed by atoms with Gasteiger partial charge in [0.05, 0.1) is 10.6 Å². The van der Waals surface area contributed by atoms with Crippen LogP contribution in [0.3, 0.4) is 0 Å². The maximum Gasteiger partial charge on any atom is 0.264 e. The van der Waals surface area contributed by atoms with Gasteiger partial charge in [-0.05, 0) is 85.8 Å². The summed E-state index contributed by atoms with van der Waals surface area (Å²) >= 11 is 3.47. The van der Waals surface area contributed by atoms with Crippen LogP contribution in [-0.2, 0) is 32.6 Å². The fourth-order valence-electron chi connectivity index (χ4n) is 5.31. The Hall–Kier alpha value is -3.95. The second kappa shape index (κ2) is 16.1. The first-order valence-electron chi connectivity index (χ1n) is 15.5. The lowest BCUT2D eigenvalue weighted by Crippen LogP contribution is -2.53. The van der Waals surface area contributed by atoms with Crippen molar-refractivity contribution in [2.75, 3.05) is 17.4 Å². The Bertz CT molecular complexity index is 1710. The highest BCUT2D eigenvalue weighted by Crippen LogP contribution is 2.27. The Morgan fingerprint density at radius 2 is 1.43 bits per heavy atom. The topological polar surface area (TPSA) is 86.8 Å². The number of halogens is 1. The number of nitrogens with zero attached hydrogens (tertiary/aromatic N) is 2. The number of carbonyl (C=O) groups is 2. The van der Waals surface area contributed by atoms with E-state index in [-0.39, 0.29) is 23.8 Å². The van der Waals surface area contributed by atoms with Crippen LogP contribution in [0.1, 0.15) is 47.6 Å². The van der Waals surface area contributed by atoms with Crippen molar-refractivity contribution in [3.8, 4) is 0 Å². The lowest BCUT2D eigenvalue weighted by atomic mass is 10.0. The molecule has 0 aliphatic carbocycles. The molecule has 0 unspecified atom stereocenters. The number of amides is 2. The van der Waals surface area contributed by atoms with Crippen LogP contribution >= 0.6 is 15.9 Å². The number of benzene rings is 4. The van der Waals surface area contributed by atoms with Crippen LogP contribution in [0.5, 0.6) is 0 Å². The van der Waals surface area contributed by atoms with Crippen LogP contribution < -0.4 is 9.62 Å². The number of hydrogen-bond acceptors (Lipinski definition) is 4. The molecule has 0 radical (unpaired) electrons. The number of unbranched alkanes of at least 4 members (excludes halogenated alkanes) is 1. The Morgan fingerprint density at radius 3 is 2.04 bits per heavy atom. The molecule has 1 N–H and O–H groups in total. The van der Waals surface area contributed by atoms with E-state index in [2.05, 4.69) is 21.2 Å². The van der Waals surface area contributed by atoms with E-state index < -0.39 is 28.5 Å². The highest BCUT2D eigenvalue weighted by molar-refractivity contribution is 9.10. The van der Waals surface area contributed by atoms with Gasteiger partial charge in [0.2, 0.25) is 11.8 Å². The second-order valence-electron chi connectivity index (χ2n) is 11.7. The predicted octanol–water partition coefficient (Wildman–Crippen LogP) is 7.13. The smallest absolute Gasteiger partial charge is 0.264 e. The van der Waals surface area contributed by atoms with Gasteiger partial charge in [-0.1, -0.05) is 95.5 Å². The average Bonchev–Trinajstić information content (AvgIpc) is 3.02. The van der Waals surface area contributed by atoms with E-state index in [9.17, 15) is 18.0 Å². The second-order valence-corrected chi connectivity index (χ2v) is 14.4. The van der Waals surface area contributed by atoms with Crippen LogP contribution in [0, 0.1) is 20.8 Å². The van der Waals surface area contributed by atoms with Gasteiger partial charge < -0.3 is 10.2 Å². The molecule has 0 fully saturated rings. The SMILES string of the molecule is CCCCNC(=O)[C@@H](Cc1ccccc1)N(Cc1ccc(Br)cc1)C(=O)CN(c1cc(C)cc(C)c1)S(=O)(=O)c1ccc(C)cc1. The van der Waals surface area contributed by atoms with Crippen molar-refractivity contribution < 1.29 is 18.0 Å². The summed E-state index contributed by atoms with van der Waals surface area (Å²) in [5.74, 6) is -0.758. The fourth-order valence-corrected chi connectivity index (χ4v) is 6.97. The van der Waals surface area contributed by atoms with E-state index in [1.165, 1.54) is 9.21 Å². The minimum Gasteiger partial charge on any atom is -0.354 e. The number of nitrogens with one attached hydrogen (secondary N) is 1. The zero-order valence-electron chi connectivity index (χ0n) is 26.9. The molecule has 0 aliphatic rings. The van der Waals surface area contributed by atoms with Gasteiger partial charge in [-0.2, -0.15) is 0 Å². The Balaban J connectivity index is 1.81. The highest BCUT2D eigenvalue weighted by Gasteiger charge is 2.34. The molecule has 46 heavy (non-hydrogen) atoms. The first kappa shape index (κ1) is 34.9. The number of carbonyl (C=O) groups excluding carboxylic acids is 2. The molecule has 0 bridgehead atoms. The lowest BCUT2D eigenvalue weighted by molar-refractivity contribution is -0.140. The van der Waals surface area contributed by atoms with Crippen molar-refractivity contribution in [1.82, 2.24) is 10.2 Å². The third-order valence-corrected chi connectivity index (χ3v) is 10.1. The predicted molar refractivity (Wildman–Crippen MR) is 188 cm³/mol. The normalized spacial score (nSPS) is 11.9. The van der Waals surface area contributed by atoms with E-state index in [0.29, 0.717) is 12.2 Å². The molecule has 9 heteroatoms. The zero-order valence-corrected chi connectivity index (χ0v) is 29.3. The zero-order chi connectivity index (χ0) is 33.3. The van der Waals surface area contributed by atoms with Crippen LogP contribution in [0.25, 0.3) is 0 Å². The summed E-state index contributed by atoms with van der Waals surface area (Å²) in [6.45, 7) is 7.85. The van der Waals surface area contributed by atoms with Crippen molar-refractivity contribution in [3.63, 3.8) is 0 Å². The van der Waals surface area contributed by atoms with Gasteiger partial charge in [-0.3, -0.25) is 13.9 Å². The molecule has 0 aromatic heterocycles. The summed E-state index contributed by atoms with van der Waals surface area (Å²) < 4.78 is 30.6. The molecule has 7 nitrogen and oxygen atoms in total. The maximum atomic E-state index is 14.6. The monoisotopic (exact) mass is 703 g/mol. The molecule has 0 saturated carbocycles. The Morgan fingerprint density at radius 1 is 0.804 bits per heavy atom. The molecule has 4 aromatic rings. The number of anilines is 1. The third kappa shape index (κ3) is 9.30. The van der Waals surface area contributed by atoms with Crippen LogP contribution in [-0.4, -0.2) is 44.3 Å². The number of hydrogen-bond donors (Lipinski definition) is 1. The highest BCUT2D eigenvalue weighted by atomic mass is 79.9. The molecular weight excluding hydrogens is 662 g/mol. The molecule has 242 valence electrons. The fraction of sp³-hybridized carbons (Fsp3) is 0.297. The Kier molecular flexibility index (Phi) is 12.2. The van der Waals surface area contributed by atoms with Crippen molar-refractivity contribution in [3.05, 3.63) is 129 Å². The summed E-state index contributed by atoms with van der Waals surface area (Å²) in [4.78, 5) is 30.1. The van der Waals surface area contributed by atoms with Crippen LogP contribution in [0.15, 0.2) is 106 Å². The van der Waals surface area contributed by atoms with Gasteiger partial charge in [-0.15, -0.1) is 0 Å². The first-order chi connectivity index (χ1) is 22.0. The molecule has 4 aromatic carbocycles.